The van der Waals surface area contributed by atoms with Crippen molar-refractivity contribution in [2.24, 2.45) is 5.41 Å². The summed E-state index contributed by atoms with van der Waals surface area (Å²) in [7, 11) is -4.79. The maximum Gasteiger partial charge on any atom is 0.463 e. The number of hydrogen-bond acceptors (Lipinski definition) is 8. The second kappa shape index (κ2) is 14.4. The van der Waals surface area contributed by atoms with Gasteiger partial charge in [0.25, 0.3) is 0 Å². The van der Waals surface area contributed by atoms with Crippen molar-refractivity contribution in [2.75, 3.05) is 26.4 Å². The summed E-state index contributed by atoms with van der Waals surface area (Å²) >= 11 is 0. The zero-order chi connectivity index (χ0) is 33.0. The van der Waals surface area contributed by atoms with Crippen LogP contribution in [-0.4, -0.2) is 46.4 Å². The van der Waals surface area contributed by atoms with Crippen LogP contribution < -0.4 is 9.05 Å². The standard InChI is InChI=1S/C33H54O8P2/c1-29(2,3)23-13-15-27(25(17-23)31(7,8)9)40-43(39-22-33(19-34,20-35)21-38-42(36)37)41-28-16-14-24(30(4,5)6)18-26(28)32(10,11)12/h13-18,34-37H,19-22H2,1-12H3. The molecule has 2 aromatic carbocycles. The molecule has 2 rings (SSSR count). The van der Waals surface area contributed by atoms with Gasteiger partial charge in [-0.3, -0.25) is 4.52 Å². The van der Waals surface area contributed by atoms with Crippen LogP contribution in [0.1, 0.15) is 105 Å². The van der Waals surface area contributed by atoms with Gasteiger partial charge in [-0.1, -0.05) is 107 Å². The van der Waals surface area contributed by atoms with Gasteiger partial charge in [-0.25, -0.2) is 0 Å². The lowest BCUT2D eigenvalue weighted by atomic mass is 9.80. The van der Waals surface area contributed by atoms with E-state index in [4.69, 9.17) is 18.1 Å². The highest BCUT2D eigenvalue weighted by atomic mass is 31.2. The molecule has 244 valence electrons. The summed E-state index contributed by atoms with van der Waals surface area (Å²) in [6.45, 7) is 24.1. The van der Waals surface area contributed by atoms with Crippen LogP contribution >= 0.6 is 17.2 Å². The lowest BCUT2D eigenvalue weighted by Crippen LogP contribution is -2.39. The van der Waals surface area contributed by atoms with Gasteiger partial charge >= 0.3 is 17.2 Å². The van der Waals surface area contributed by atoms with E-state index in [2.05, 4.69) is 95.2 Å². The molecule has 0 aliphatic heterocycles. The molecule has 0 spiro atoms. The molecule has 0 saturated heterocycles. The molecule has 0 radical (unpaired) electrons. The summed E-state index contributed by atoms with van der Waals surface area (Å²) in [4.78, 5) is 18.6. The van der Waals surface area contributed by atoms with Gasteiger partial charge in [0, 0.05) is 11.1 Å². The number of hydrogen-bond donors (Lipinski definition) is 4. The molecule has 2 aromatic rings. The van der Waals surface area contributed by atoms with Gasteiger partial charge < -0.3 is 33.6 Å². The second-order valence-electron chi connectivity index (χ2n) is 15.4. The van der Waals surface area contributed by atoms with Gasteiger partial charge in [0.05, 0.1) is 31.8 Å². The van der Waals surface area contributed by atoms with Gasteiger partial charge in [0.1, 0.15) is 11.5 Å². The first-order chi connectivity index (χ1) is 19.5. The summed E-state index contributed by atoms with van der Waals surface area (Å²) in [5.74, 6) is 1.22. The van der Waals surface area contributed by atoms with Gasteiger partial charge in [0.15, 0.2) is 0 Å². The zero-order valence-corrected chi connectivity index (χ0v) is 29.9. The Kier molecular flexibility index (Phi) is 12.7. The van der Waals surface area contributed by atoms with E-state index in [1.54, 1.807) is 0 Å². The van der Waals surface area contributed by atoms with Crippen LogP contribution in [-0.2, 0) is 30.7 Å². The molecule has 0 atom stereocenters. The first kappa shape index (κ1) is 37.8. The molecule has 0 aromatic heterocycles. The third-order valence-electron chi connectivity index (χ3n) is 7.29. The van der Waals surface area contributed by atoms with Crippen LogP contribution in [0.4, 0.5) is 0 Å². The molecule has 0 bridgehead atoms. The molecule has 0 aliphatic carbocycles. The maximum atomic E-state index is 10.1. The van der Waals surface area contributed by atoms with Crippen LogP contribution in [0.15, 0.2) is 36.4 Å². The van der Waals surface area contributed by atoms with E-state index in [1.807, 2.05) is 24.3 Å². The van der Waals surface area contributed by atoms with Crippen molar-refractivity contribution < 1.29 is 38.1 Å². The zero-order valence-electron chi connectivity index (χ0n) is 28.1. The van der Waals surface area contributed by atoms with Crippen LogP contribution in [0.5, 0.6) is 11.5 Å². The van der Waals surface area contributed by atoms with E-state index in [0.717, 1.165) is 11.1 Å². The monoisotopic (exact) mass is 640 g/mol. The van der Waals surface area contributed by atoms with E-state index < -0.39 is 35.8 Å². The van der Waals surface area contributed by atoms with E-state index >= 15 is 0 Å². The first-order valence-corrected chi connectivity index (χ1v) is 16.9. The molecule has 8 nitrogen and oxygen atoms in total. The van der Waals surface area contributed by atoms with Crippen molar-refractivity contribution in [3.63, 3.8) is 0 Å². The topological polar surface area (TPSA) is 118 Å². The molecule has 10 heteroatoms. The molecule has 4 N–H and O–H groups in total. The average Bonchev–Trinajstić information content (AvgIpc) is 2.87. The molecule has 0 unspecified atom stereocenters. The lowest BCUT2D eigenvalue weighted by Gasteiger charge is -2.32. The Morgan fingerprint density at radius 3 is 1.23 bits per heavy atom. The molecular weight excluding hydrogens is 586 g/mol. The van der Waals surface area contributed by atoms with Crippen molar-refractivity contribution in [1.29, 1.82) is 0 Å². The van der Waals surface area contributed by atoms with E-state index in [-0.39, 0.29) is 34.9 Å². The quantitative estimate of drug-likeness (QED) is 0.174. The Balaban J connectivity index is 2.62. The van der Waals surface area contributed by atoms with E-state index in [0.29, 0.717) is 11.5 Å². The molecular formula is C33H54O8P2. The third kappa shape index (κ3) is 10.9. The summed E-state index contributed by atoms with van der Waals surface area (Å²) in [5, 5.41) is 20.3. The summed E-state index contributed by atoms with van der Waals surface area (Å²) in [6.07, 6.45) is 0. The Labute approximate surface area is 261 Å². The number of rotatable bonds is 12. The van der Waals surface area contributed by atoms with Crippen LogP contribution in [0, 0.1) is 5.41 Å². The Morgan fingerprint density at radius 1 is 0.558 bits per heavy atom. The van der Waals surface area contributed by atoms with Crippen LogP contribution in [0.2, 0.25) is 0 Å². The minimum Gasteiger partial charge on any atom is -0.417 e. The number of aliphatic hydroxyl groups excluding tert-OH is 2. The van der Waals surface area contributed by atoms with E-state index in [1.165, 1.54) is 11.1 Å². The van der Waals surface area contributed by atoms with Crippen molar-refractivity contribution in [1.82, 2.24) is 0 Å². The van der Waals surface area contributed by atoms with Crippen molar-refractivity contribution in [2.45, 2.75) is 105 Å². The van der Waals surface area contributed by atoms with Crippen molar-refractivity contribution in [3.05, 3.63) is 58.7 Å². The second-order valence-corrected chi connectivity index (χ2v) is 17.3. The SMILES string of the molecule is CC(C)(C)c1ccc(OP(OCC(CO)(CO)COP(O)O)Oc2ccc(C(C)(C)C)cc2C(C)(C)C)c(C(C)(C)C)c1. The Hall–Kier alpha value is -1.34. The van der Waals surface area contributed by atoms with Crippen LogP contribution in [0.25, 0.3) is 0 Å². The largest absolute Gasteiger partial charge is 0.463 e. The van der Waals surface area contributed by atoms with Crippen LogP contribution in [0.3, 0.4) is 0 Å². The fourth-order valence-electron chi connectivity index (χ4n) is 4.21. The van der Waals surface area contributed by atoms with Gasteiger partial charge in [-0.15, -0.1) is 0 Å². The first-order valence-electron chi connectivity index (χ1n) is 14.6. The molecule has 0 heterocycles. The fraction of sp³-hybridized carbons (Fsp3) is 0.636. The molecule has 0 aliphatic rings. The highest BCUT2D eigenvalue weighted by molar-refractivity contribution is 7.42. The smallest absolute Gasteiger partial charge is 0.417 e. The predicted molar refractivity (Wildman–Crippen MR) is 176 cm³/mol. The summed E-state index contributed by atoms with van der Waals surface area (Å²) in [5.41, 5.74) is 2.37. The molecule has 0 saturated carbocycles. The normalized spacial score (nSPS) is 13.6. The average molecular weight is 641 g/mol. The van der Waals surface area contributed by atoms with E-state index in [9.17, 15) is 20.0 Å². The summed E-state index contributed by atoms with van der Waals surface area (Å²) < 4.78 is 24.3. The van der Waals surface area contributed by atoms with Gasteiger partial charge in [0.2, 0.25) is 0 Å². The minimum atomic E-state index is -2.68. The number of benzene rings is 2. The molecule has 0 amide bonds. The highest BCUT2D eigenvalue weighted by Gasteiger charge is 2.36. The Bertz CT molecular complexity index is 1110. The third-order valence-corrected chi connectivity index (χ3v) is 8.68. The minimum absolute atomic E-state index is 0.0622. The molecule has 43 heavy (non-hydrogen) atoms. The lowest BCUT2D eigenvalue weighted by molar-refractivity contribution is -0.0225. The number of aliphatic hydroxyl groups is 2. The predicted octanol–water partition coefficient (Wildman–Crippen LogP) is 7.78. The Morgan fingerprint density at radius 2 is 0.930 bits per heavy atom. The van der Waals surface area contributed by atoms with Crippen molar-refractivity contribution in [3.8, 4) is 11.5 Å². The van der Waals surface area contributed by atoms with Gasteiger partial charge in [-0.05, 0) is 44.9 Å². The van der Waals surface area contributed by atoms with Crippen molar-refractivity contribution >= 4 is 17.2 Å². The fourth-order valence-corrected chi connectivity index (χ4v) is 5.77. The van der Waals surface area contributed by atoms with Gasteiger partial charge in [-0.2, -0.15) is 0 Å². The maximum absolute atomic E-state index is 10.1. The molecule has 0 fully saturated rings. The highest BCUT2D eigenvalue weighted by Crippen LogP contribution is 2.49. The summed E-state index contributed by atoms with van der Waals surface area (Å²) in [6, 6.07) is 12.3.